The molecule has 2 atom stereocenters. The largest absolute Gasteiger partial charge is 0.399 e. The van der Waals surface area contributed by atoms with E-state index in [0.29, 0.717) is 25.3 Å². The highest BCUT2D eigenvalue weighted by Crippen LogP contribution is 2.09. The van der Waals surface area contributed by atoms with Gasteiger partial charge in [0.05, 0.1) is 25.7 Å². The first-order valence-corrected chi connectivity index (χ1v) is 6.96. The molecular weight excluding hydrogens is 292 g/mol. The van der Waals surface area contributed by atoms with Crippen molar-refractivity contribution in [3.8, 4) is 0 Å². The number of carbonyl (C=O) groups excluding carboxylic acids is 1. The molecule has 1 heterocycles. The predicted octanol–water partition coefficient (Wildman–Crippen LogP) is 1.54. The van der Waals surface area contributed by atoms with Crippen LogP contribution in [0, 0.1) is 0 Å². The third-order valence-corrected chi connectivity index (χ3v) is 3.22. The molecule has 5 nitrogen and oxygen atoms in total. The highest BCUT2D eigenvalue weighted by atomic mass is 35.5. The van der Waals surface area contributed by atoms with Crippen LogP contribution in [0.25, 0.3) is 0 Å². The lowest BCUT2D eigenvalue weighted by atomic mass is 10.1. The van der Waals surface area contributed by atoms with Gasteiger partial charge in [-0.2, -0.15) is 0 Å². The van der Waals surface area contributed by atoms with Gasteiger partial charge in [0.2, 0.25) is 5.91 Å². The van der Waals surface area contributed by atoms with Crippen molar-refractivity contribution in [1.29, 1.82) is 0 Å². The Morgan fingerprint density at radius 3 is 2.81 bits per heavy atom. The fourth-order valence-corrected chi connectivity index (χ4v) is 2.11. The number of benzene rings is 1. The summed E-state index contributed by atoms with van der Waals surface area (Å²) in [6, 6.07) is 7.33. The molecule has 1 aliphatic rings. The molecule has 1 aliphatic heterocycles. The Kier molecular flexibility index (Phi) is 7.50. The van der Waals surface area contributed by atoms with Gasteiger partial charge < -0.3 is 20.5 Å². The topological polar surface area (TPSA) is 73.6 Å². The highest BCUT2D eigenvalue weighted by Gasteiger charge is 2.17. The van der Waals surface area contributed by atoms with Crippen molar-refractivity contribution in [3.63, 3.8) is 0 Å². The smallest absolute Gasteiger partial charge is 0.224 e. The summed E-state index contributed by atoms with van der Waals surface area (Å²) < 4.78 is 10.9. The van der Waals surface area contributed by atoms with Crippen molar-refractivity contribution in [1.82, 2.24) is 5.32 Å². The third-order valence-electron chi connectivity index (χ3n) is 3.22. The fraction of sp³-hybridized carbons (Fsp3) is 0.533. The van der Waals surface area contributed by atoms with E-state index in [1.54, 1.807) is 12.1 Å². The van der Waals surface area contributed by atoms with Crippen molar-refractivity contribution < 1.29 is 14.3 Å². The second kappa shape index (κ2) is 8.87. The van der Waals surface area contributed by atoms with E-state index in [1.807, 2.05) is 19.1 Å². The van der Waals surface area contributed by atoms with E-state index < -0.39 is 0 Å². The van der Waals surface area contributed by atoms with Gasteiger partial charge in [0.15, 0.2) is 0 Å². The first-order valence-electron chi connectivity index (χ1n) is 6.96. The molecule has 0 radical (unpaired) electrons. The Balaban J connectivity index is 0.00000220. The number of nitrogens with one attached hydrogen (secondary N) is 1. The first kappa shape index (κ1) is 17.8. The van der Waals surface area contributed by atoms with Crippen LogP contribution in [-0.2, 0) is 20.7 Å². The second-order valence-electron chi connectivity index (χ2n) is 5.21. The van der Waals surface area contributed by atoms with E-state index in [-0.39, 0.29) is 30.5 Å². The van der Waals surface area contributed by atoms with Crippen LogP contribution in [0.5, 0.6) is 0 Å². The maximum Gasteiger partial charge on any atom is 0.224 e. The maximum absolute atomic E-state index is 11.9. The molecule has 1 amide bonds. The van der Waals surface area contributed by atoms with Crippen LogP contribution in [0.1, 0.15) is 18.9 Å². The molecule has 0 aromatic heterocycles. The van der Waals surface area contributed by atoms with E-state index >= 15 is 0 Å². The summed E-state index contributed by atoms with van der Waals surface area (Å²) in [5, 5.41) is 2.93. The number of hydrogen-bond donors (Lipinski definition) is 2. The Hall–Kier alpha value is -1.30. The van der Waals surface area contributed by atoms with Gasteiger partial charge >= 0.3 is 0 Å². The molecule has 0 saturated carbocycles. The number of nitrogen functional groups attached to an aromatic ring is 1. The number of hydrogen-bond acceptors (Lipinski definition) is 4. The molecule has 1 aromatic carbocycles. The lowest BCUT2D eigenvalue weighted by Gasteiger charge is -2.17. The molecule has 1 saturated heterocycles. The van der Waals surface area contributed by atoms with Crippen molar-refractivity contribution in [2.45, 2.75) is 31.9 Å². The number of rotatable bonds is 6. The molecule has 0 bridgehead atoms. The second-order valence-corrected chi connectivity index (χ2v) is 5.21. The summed E-state index contributed by atoms with van der Waals surface area (Å²) in [6.07, 6.45) is 1.47. The highest BCUT2D eigenvalue weighted by molar-refractivity contribution is 5.85. The maximum atomic E-state index is 11.9. The summed E-state index contributed by atoms with van der Waals surface area (Å²) in [5.74, 6) is -0.00598. The van der Waals surface area contributed by atoms with Gasteiger partial charge in [-0.25, -0.2) is 0 Å². The Morgan fingerprint density at radius 1 is 1.48 bits per heavy atom. The van der Waals surface area contributed by atoms with E-state index in [4.69, 9.17) is 15.2 Å². The quantitative estimate of drug-likeness (QED) is 0.781. The minimum absolute atomic E-state index is 0. The van der Waals surface area contributed by atoms with E-state index in [9.17, 15) is 4.79 Å². The number of ether oxygens (including phenoxy) is 2. The van der Waals surface area contributed by atoms with Crippen LogP contribution >= 0.6 is 12.4 Å². The first-order chi connectivity index (χ1) is 9.63. The lowest BCUT2D eigenvalue weighted by molar-refractivity contribution is -0.121. The summed E-state index contributed by atoms with van der Waals surface area (Å²) in [4.78, 5) is 11.9. The minimum atomic E-state index is -0.00598. The van der Waals surface area contributed by atoms with E-state index in [1.165, 1.54) is 0 Å². The van der Waals surface area contributed by atoms with Crippen LogP contribution in [0.2, 0.25) is 0 Å². The van der Waals surface area contributed by atoms with Gasteiger partial charge in [-0.15, -0.1) is 12.4 Å². The van der Waals surface area contributed by atoms with Crippen molar-refractivity contribution in [3.05, 3.63) is 29.8 Å². The Bertz CT molecular complexity index is 433. The third kappa shape index (κ3) is 6.33. The Morgan fingerprint density at radius 2 is 2.19 bits per heavy atom. The molecule has 1 aromatic rings. The molecule has 2 unspecified atom stereocenters. The molecule has 3 N–H and O–H groups in total. The van der Waals surface area contributed by atoms with Crippen LogP contribution < -0.4 is 11.1 Å². The van der Waals surface area contributed by atoms with Crippen LogP contribution in [0.3, 0.4) is 0 Å². The number of halogens is 1. The number of nitrogens with two attached hydrogens (primary N) is 1. The zero-order valence-corrected chi connectivity index (χ0v) is 13.0. The molecule has 6 heteroatoms. The van der Waals surface area contributed by atoms with Gasteiger partial charge in [-0.3, -0.25) is 4.79 Å². The van der Waals surface area contributed by atoms with Crippen molar-refractivity contribution in [2.24, 2.45) is 0 Å². The van der Waals surface area contributed by atoms with Gasteiger partial charge in [0.25, 0.3) is 0 Å². The van der Waals surface area contributed by atoms with Gasteiger partial charge in [0.1, 0.15) is 0 Å². The summed E-state index contributed by atoms with van der Waals surface area (Å²) >= 11 is 0. The van der Waals surface area contributed by atoms with Crippen molar-refractivity contribution in [2.75, 3.05) is 25.6 Å². The Labute approximate surface area is 131 Å². The molecule has 0 aliphatic carbocycles. The van der Waals surface area contributed by atoms with Gasteiger partial charge in [0, 0.05) is 18.3 Å². The molecule has 1 fully saturated rings. The normalized spacial score (nSPS) is 18.8. The van der Waals surface area contributed by atoms with Crippen LogP contribution in [0.15, 0.2) is 24.3 Å². The molecule has 0 spiro atoms. The van der Waals surface area contributed by atoms with Gasteiger partial charge in [-0.1, -0.05) is 12.1 Å². The average molecular weight is 315 g/mol. The fourth-order valence-electron chi connectivity index (χ4n) is 2.11. The number of carbonyl (C=O) groups is 1. The average Bonchev–Trinajstić information content (AvgIpc) is 2.92. The van der Waals surface area contributed by atoms with Gasteiger partial charge in [-0.05, 0) is 31.0 Å². The van der Waals surface area contributed by atoms with Crippen LogP contribution in [0.4, 0.5) is 5.69 Å². The van der Waals surface area contributed by atoms with Crippen molar-refractivity contribution >= 4 is 24.0 Å². The monoisotopic (exact) mass is 314 g/mol. The zero-order chi connectivity index (χ0) is 14.4. The number of amides is 1. The summed E-state index contributed by atoms with van der Waals surface area (Å²) in [7, 11) is 0. The lowest BCUT2D eigenvalue weighted by Crippen LogP contribution is -2.37. The standard InChI is InChI=1S/C15H22N2O3.ClH/c1-11(9-20-14-6-7-19-10-14)17-15(18)8-12-2-4-13(16)5-3-12;/h2-5,11,14H,6-10,16H2,1H3,(H,17,18);1H. The summed E-state index contributed by atoms with van der Waals surface area (Å²) in [5.41, 5.74) is 7.27. The zero-order valence-electron chi connectivity index (χ0n) is 12.2. The molecule has 2 rings (SSSR count). The predicted molar refractivity (Wildman–Crippen MR) is 84.6 cm³/mol. The van der Waals surface area contributed by atoms with E-state index in [2.05, 4.69) is 5.32 Å². The SMILES string of the molecule is CC(COC1CCOC1)NC(=O)Cc1ccc(N)cc1.Cl. The molecular formula is C15H23ClN2O3. The van der Waals surface area contributed by atoms with Crippen LogP contribution in [-0.4, -0.2) is 37.9 Å². The van der Waals surface area contributed by atoms with E-state index in [0.717, 1.165) is 18.6 Å². The summed E-state index contributed by atoms with van der Waals surface area (Å²) in [6.45, 7) is 3.88. The minimum Gasteiger partial charge on any atom is -0.399 e. The molecule has 118 valence electrons. The molecule has 21 heavy (non-hydrogen) atoms. The number of anilines is 1.